The molecule has 0 atom stereocenters. The van der Waals surface area contributed by atoms with Gasteiger partial charge in [-0.25, -0.2) is 0 Å². The molecule has 0 fully saturated rings. The van der Waals surface area contributed by atoms with Gasteiger partial charge in [0.2, 0.25) is 0 Å². The summed E-state index contributed by atoms with van der Waals surface area (Å²) in [5, 5.41) is 23.1. The molecule has 0 saturated carbocycles. The van der Waals surface area contributed by atoms with Crippen LogP contribution >= 0.6 is 0 Å². The lowest BCUT2D eigenvalue weighted by Crippen LogP contribution is -2.34. The topological polar surface area (TPSA) is 95.7 Å². The van der Waals surface area contributed by atoms with Crippen molar-refractivity contribution in [1.29, 1.82) is 0 Å². The van der Waals surface area contributed by atoms with Crippen LogP contribution in [-0.2, 0) is 22.7 Å². The molecule has 1 heterocycles. The smallest absolute Gasteiger partial charge is 0.317 e. The van der Waals surface area contributed by atoms with Crippen LogP contribution in [0.25, 0.3) is 10.9 Å². The summed E-state index contributed by atoms with van der Waals surface area (Å²) in [4.78, 5) is 23.0. The van der Waals surface area contributed by atoms with Crippen LogP contribution in [0.4, 0.5) is 0 Å². The maximum Gasteiger partial charge on any atom is 0.317 e. The van der Waals surface area contributed by atoms with Gasteiger partial charge in [0, 0.05) is 18.5 Å². The minimum atomic E-state index is -1.06. The average Bonchev–Trinajstić information content (AvgIpc) is 2.76. The molecular weight excluding hydrogens is 274 g/mol. The van der Waals surface area contributed by atoms with E-state index in [4.69, 9.17) is 10.2 Å². The summed E-state index contributed by atoms with van der Waals surface area (Å²) < 4.78 is 1.82. The number of carboxylic acids is 2. The predicted molar refractivity (Wildman–Crippen MR) is 76.0 cm³/mol. The number of aromatic nitrogens is 2. The van der Waals surface area contributed by atoms with Crippen molar-refractivity contribution in [3.63, 3.8) is 0 Å². The number of nitrogens with zero attached hydrogens (tertiary/aromatic N) is 3. The fourth-order valence-corrected chi connectivity index (χ4v) is 2.32. The molecule has 2 aromatic rings. The zero-order valence-corrected chi connectivity index (χ0v) is 11.7. The number of aliphatic carboxylic acids is 2. The van der Waals surface area contributed by atoms with E-state index in [0.717, 1.165) is 10.9 Å². The van der Waals surface area contributed by atoms with Crippen molar-refractivity contribution >= 4 is 22.8 Å². The summed E-state index contributed by atoms with van der Waals surface area (Å²) in [5.41, 5.74) is 1.65. The van der Waals surface area contributed by atoms with Gasteiger partial charge in [0.05, 0.1) is 24.3 Å². The molecule has 1 aromatic carbocycles. The molecule has 21 heavy (non-hydrogen) atoms. The highest BCUT2D eigenvalue weighted by molar-refractivity contribution is 5.82. The monoisotopic (exact) mass is 291 g/mol. The molecule has 0 aliphatic heterocycles. The van der Waals surface area contributed by atoms with E-state index >= 15 is 0 Å². The number of hydrogen-bond donors (Lipinski definition) is 2. The first-order valence-corrected chi connectivity index (χ1v) is 6.61. The fraction of sp³-hybridized carbons (Fsp3) is 0.357. The van der Waals surface area contributed by atoms with Crippen molar-refractivity contribution in [2.24, 2.45) is 0 Å². The van der Waals surface area contributed by atoms with Crippen LogP contribution in [0.5, 0.6) is 0 Å². The minimum Gasteiger partial charge on any atom is -0.480 e. The quantitative estimate of drug-likeness (QED) is 0.791. The predicted octanol–water partition coefficient (Wildman–Crippen LogP) is 1.03. The van der Waals surface area contributed by atoms with Gasteiger partial charge in [-0.05, 0) is 13.0 Å². The van der Waals surface area contributed by atoms with Crippen LogP contribution in [0, 0.1) is 0 Å². The van der Waals surface area contributed by atoms with Crippen LogP contribution in [-0.4, -0.2) is 49.9 Å². The highest BCUT2D eigenvalue weighted by Gasteiger charge is 2.17. The van der Waals surface area contributed by atoms with E-state index < -0.39 is 11.9 Å². The van der Waals surface area contributed by atoms with Crippen molar-refractivity contribution in [3.05, 3.63) is 30.0 Å². The molecule has 0 radical (unpaired) electrons. The number of benzene rings is 1. The maximum absolute atomic E-state index is 10.8. The zero-order chi connectivity index (χ0) is 15.4. The summed E-state index contributed by atoms with van der Waals surface area (Å²) in [6.07, 6.45) is 0. The van der Waals surface area contributed by atoms with Gasteiger partial charge >= 0.3 is 11.9 Å². The van der Waals surface area contributed by atoms with Crippen molar-refractivity contribution < 1.29 is 19.8 Å². The fourth-order valence-electron chi connectivity index (χ4n) is 2.32. The normalized spacial score (nSPS) is 11.1. The van der Waals surface area contributed by atoms with Crippen molar-refractivity contribution in [1.82, 2.24) is 14.7 Å². The second-order valence-electron chi connectivity index (χ2n) is 4.71. The summed E-state index contributed by atoms with van der Waals surface area (Å²) >= 11 is 0. The third-order valence-corrected chi connectivity index (χ3v) is 3.13. The molecule has 7 nitrogen and oxygen atoms in total. The molecule has 0 unspecified atom stereocenters. The van der Waals surface area contributed by atoms with Gasteiger partial charge in [-0.2, -0.15) is 5.10 Å². The number of fused-ring (bicyclic) bond motifs is 1. The van der Waals surface area contributed by atoms with E-state index in [0.29, 0.717) is 12.2 Å². The lowest BCUT2D eigenvalue weighted by atomic mass is 10.2. The lowest BCUT2D eigenvalue weighted by Gasteiger charge is -2.16. The SMILES string of the molecule is CCn1nc(CN(CC(=O)O)CC(=O)O)c2ccccc21. The van der Waals surface area contributed by atoms with Crippen LogP contribution < -0.4 is 0 Å². The van der Waals surface area contributed by atoms with E-state index in [1.165, 1.54) is 4.90 Å². The third-order valence-electron chi connectivity index (χ3n) is 3.13. The van der Waals surface area contributed by atoms with Gasteiger partial charge in [0.1, 0.15) is 0 Å². The number of para-hydroxylation sites is 1. The molecule has 2 N–H and O–H groups in total. The Balaban J connectivity index is 2.31. The first kappa shape index (κ1) is 15.0. The molecule has 112 valence electrons. The Morgan fingerprint density at radius 1 is 1.19 bits per heavy atom. The van der Waals surface area contributed by atoms with Gasteiger partial charge in [-0.1, -0.05) is 18.2 Å². The average molecular weight is 291 g/mol. The summed E-state index contributed by atoms with van der Waals surface area (Å²) in [5.74, 6) is -2.12. The van der Waals surface area contributed by atoms with E-state index in [1.807, 2.05) is 35.9 Å². The molecular formula is C14H17N3O4. The van der Waals surface area contributed by atoms with Crippen LogP contribution in [0.15, 0.2) is 24.3 Å². The Kier molecular flexibility index (Phi) is 4.54. The highest BCUT2D eigenvalue weighted by atomic mass is 16.4. The van der Waals surface area contributed by atoms with E-state index in [9.17, 15) is 9.59 Å². The molecule has 7 heteroatoms. The third kappa shape index (κ3) is 3.57. The lowest BCUT2D eigenvalue weighted by molar-refractivity contribution is -0.142. The van der Waals surface area contributed by atoms with Gasteiger partial charge in [-0.3, -0.25) is 19.2 Å². The van der Waals surface area contributed by atoms with Crippen LogP contribution in [0.2, 0.25) is 0 Å². The first-order chi connectivity index (χ1) is 10.0. The number of carbonyl (C=O) groups is 2. The second kappa shape index (κ2) is 6.36. The second-order valence-corrected chi connectivity index (χ2v) is 4.71. The van der Waals surface area contributed by atoms with E-state index in [2.05, 4.69) is 5.10 Å². The molecule has 2 rings (SSSR count). The van der Waals surface area contributed by atoms with Gasteiger partial charge in [0.15, 0.2) is 0 Å². The van der Waals surface area contributed by atoms with Crippen molar-refractivity contribution in [3.8, 4) is 0 Å². The Morgan fingerprint density at radius 3 is 2.38 bits per heavy atom. The molecule has 0 saturated heterocycles. The van der Waals surface area contributed by atoms with Gasteiger partial charge in [0.25, 0.3) is 0 Å². The Labute approximate surface area is 121 Å². The summed E-state index contributed by atoms with van der Waals surface area (Å²) in [7, 11) is 0. The van der Waals surface area contributed by atoms with Crippen molar-refractivity contribution in [2.45, 2.75) is 20.0 Å². The highest BCUT2D eigenvalue weighted by Crippen LogP contribution is 2.19. The number of carboxylic acid groups (broad SMARTS) is 2. The Hall–Kier alpha value is -2.41. The van der Waals surface area contributed by atoms with E-state index in [-0.39, 0.29) is 19.6 Å². The molecule has 0 aliphatic carbocycles. The largest absolute Gasteiger partial charge is 0.480 e. The van der Waals surface area contributed by atoms with Gasteiger partial charge < -0.3 is 10.2 Å². The number of rotatable bonds is 7. The number of hydrogen-bond acceptors (Lipinski definition) is 4. The van der Waals surface area contributed by atoms with Crippen LogP contribution in [0.1, 0.15) is 12.6 Å². The van der Waals surface area contributed by atoms with Crippen molar-refractivity contribution in [2.75, 3.05) is 13.1 Å². The zero-order valence-electron chi connectivity index (χ0n) is 11.7. The molecule has 0 spiro atoms. The Morgan fingerprint density at radius 2 is 1.81 bits per heavy atom. The van der Waals surface area contributed by atoms with E-state index in [1.54, 1.807) is 0 Å². The maximum atomic E-state index is 10.8. The number of aryl methyl sites for hydroxylation is 1. The standard InChI is InChI=1S/C14H17N3O4/c1-2-17-12-6-4-3-5-10(12)11(15-17)7-16(8-13(18)19)9-14(20)21/h3-6H,2,7-9H2,1H3,(H,18,19)(H,20,21). The molecule has 1 aromatic heterocycles. The summed E-state index contributed by atoms with van der Waals surface area (Å²) in [6, 6.07) is 7.63. The first-order valence-electron chi connectivity index (χ1n) is 6.61. The summed E-state index contributed by atoms with van der Waals surface area (Å²) in [6.45, 7) is 2.18. The molecule has 0 bridgehead atoms. The van der Waals surface area contributed by atoms with Crippen LogP contribution in [0.3, 0.4) is 0 Å². The Bertz CT molecular complexity index is 649. The molecule has 0 aliphatic rings. The minimum absolute atomic E-state index is 0.187. The van der Waals surface area contributed by atoms with Gasteiger partial charge in [-0.15, -0.1) is 0 Å². The molecule has 0 amide bonds.